The van der Waals surface area contributed by atoms with Crippen molar-refractivity contribution in [1.29, 1.82) is 0 Å². The lowest BCUT2D eigenvalue weighted by Crippen LogP contribution is -2.13. The Labute approximate surface area is 155 Å². The van der Waals surface area contributed by atoms with Crippen LogP contribution in [0.25, 0.3) is 11.4 Å². The highest BCUT2D eigenvalue weighted by Gasteiger charge is 2.13. The van der Waals surface area contributed by atoms with Crippen LogP contribution >= 0.6 is 0 Å². The number of pyridine rings is 2. The molecule has 0 spiro atoms. The molecule has 4 aromatic rings. The predicted molar refractivity (Wildman–Crippen MR) is 99.0 cm³/mol. The van der Waals surface area contributed by atoms with Crippen LogP contribution in [0.3, 0.4) is 0 Å². The number of nitrogens with one attached hydrogen (secondary N) is 1. The zero-order chi connectivity index (χ0) is 18.5. The van der Waals surface area contributed by atoms with Crippen LogP contribution in [0.4, 0.5) is 5.69 Å². The molecule has 7 nitrogen and oxygen atoms in total. The Morgan fingerprint density at radius 2 is 1.78 bits per heavy atom. The van der Waals surface area contributed by atoms with E-state index < -0.39 is 0 Å². The molecule has 0 aliphatic carbocycles. The van der Waals surface area contributed by atoms with Gasteiger partial charge in [-0.25, -0.2) is 0 Å². The van der Waals surface area contributed by atoms with Gasteiger partial charge in [-0.05, 0) is 35.9 Å². The summed E-state index contributed by atoms with van der Waals surface area (Å²) in [5, 5.41) is 6.91. The largest absolute Gasteiger partial charge is 0.339 e. The molecule has 0 saturated heterocycles. The molecule has 1 aromatic carbocycles. The number of rotatable bonds is 5. The summed E-state index contributed by atoms with van der Waals surface area (Å²) in [6.45, 7) is 0. The Morgan fingerprint density at radius 1 is 0.963 bits per heavy atom. The van der Waals surface area contributed by atoms with E-state index in [4.69, 9.17) is 4.52 Å². The fourth-order valence-corrected chi connectivity index (χ4v) is 2.59. The summed E-state index contributed by atoms with van der Waals surface area (Å²) in [7, 11) is 0. The Hall–Kier alpha value is -3.87. The van der Waals surface area contributed by atoms with Crippen LogP contribution in [0.2, 0.25) is 0 Å². The first-order chi connectivity index (χ1) is 13.3. The van der Waals surface area contributed by atoms with Crippen LogP contribution < -0.4 is 5.32 Å². The number of carbonyl (C=O) groups excluding carboxylic acids is 1. The molecule has 1 N–H and O–H groups in total. The van der Waals surface area contributed by atoms with Gasteiger partial charge in [0, 0.05) is 36.0 Å². The minimum absolute atomic E-state index is 0.225. The standard InChI is InChI=1S/C20H15N5O2/c26-20(16-7-4-10-22-13-16)23-17-8-2-1-5-14(17)11-18-24-19(25-27-18)15-6-3-9-21-12-15/h1-10,12-13H,11H2,(H,23,26). The van der Waals surface area contributed by atoms with Crippen molar-refractivity contribution < 1.29 is 9.32 Å². The van der Waals surface area contributed by atoms with Crippen LogP contribution in [0.1, 0.15) is 21.8 Å². The summed E-state index contributed by atoms with van der Waals surface area (Å²) in [6, 6.07) is 14.6. The van der Waals surface area contributed by atoms with E-state index in [0.29, 0.717) is 29.4 Å². The second kappa shape index (κ2) is 7.57. The van der Waals surface area contributed by atoms with E-state index >= 15 is 0 Å². The van der Waals surface area contributed by atoms with Crippen molar-refractivity contribution in [3.8, 4) is 11.4 Å². The normalized spacial score (nSPS) is 10.5. The quantitative estimate of drug-likeness (QED) is 0.588. The molecule has 4 rings (SSSR count). The van der Waals surface area contributed by atoms with E-state index in [1.807, 2.05) is 36.4 Å². The van der Waals surface area contributed by atoms with Gasteiger partial charge in [0.05, 0.1) is 12.0 Å². The number of aromatic nitrogens is 4. The molecule has 0 unspecified atom stereocenters. The monoisotopic (exact) mass is 357 g/mol. The molecule has 27 heavy (non-hydrogen) atoms. The molecular formula is C20H15N5O2. The van der Waals surface area contributed by atoms with Crippen LogP contribution in [-0.4, -0.2) is 26.0 Å². The van der Waals surface area contributed by atoms with Gasteiger partial charge < -0.3 is 9.84 Å². The maximum atomic E-state index is 12.4. The number of para-hydroxylation sites is 1. The van der Waals surface area contributed by atoms with Crippen LogP contribution in [0.5, 0.6) is 0 Å². The topological polar surface area (TPSA) is 93.8 Å². The van der Waals surface area contributed by atoms with Gasteiger partial charge >= 0.3 is 0 Å². The highest BCUT2D eigenvalue weighted by Crippen LogP contribution is 2.21. The summed E-state index contributed by atoms with van der Waals surface area (Å²) < 4.78 is 5.36. The average Bonchev–Trinajstić information content (AvgIpc) is 3.19. The maximum Gasteiger partial charge on any atom is 0.257 e. The molecular weight excluding hydrogens is 342 g/mol. The predicted octanol–water partition coefficient (Wildman–Crippen LogP) is 3.37. The molecule has 0 aliphatic rings. The summed E-state index contributed by atoms with van der Waals surface area (Å²) in [6.07, 6.45) is 6.91. The Balaban J connectivity index is 1.54. The Kier molecular flexibility index (Phi) is 4.65. The van der Waals surface area contributed by atoms with E-state index in [9.17, 15) is 4.79 Å². The lowest BCUT2D eigenvalue weighted by atomic mass is 10.1. The molecule has 132 valence electrons. The van der Waals surface area contributed by atoms with Gasteiger partial charge in [0.25, 0.3) is 5.91 Å². The first-order valence-electron chi connectivity index (χ1n) is 8.32. The van der Waals surface area contributed by atoms with Crippen LogP contribution in [-0.2, 0) is 6.42 Å². The number of carbonyl (C=O) groups is 1. The highest BCUT2D eigenvalue weighted by molar-refractivity contribution is 6.04. The van der Waals surface area contributed by atoms with Crippen LogP contribution in [0, 0.1) is 0 Å². The summed E-state index contributed by atoms with van der Waals surface area (Å²) in [4.78, 5) is 24.8. The molecule has 1 amide bonds. The van der Waals surface area contributed by atoms with Crippen molar-refractivity contribution in [1.82, 2.24) is 20.1 Å². The lowest BCUT2D eigenvalue weighted by molar-refractivity contribution is 0.102. The number of nitrogens with zero attached hydrogens (tertiary/aromatic N) is 4. The van der Waals surface area contributed by atoms with E-state index in [0.717, 1.165) is 11.1 Å². The van der Waals surface area contributed by atoms with Gasteiger partial charge in [-0.15, -0.1) is 0 Å². The molecule has 0 atom stereocenters. The van der Waals surface area contributed by atoms with Gasteiger partial charge in [0.2, 0.25) is 11.7 Å². The minimum atomic E-state index is -0.225. The molecule has 3 aromatic heterocycles. The molecule has 0 radical (unpaired) electrons. The maximum absolute atomic E-state index is 12.4. The number of benzene rings is 1. The van der Waals surface area contributed by atoms with Crippen molar-refractivity contribution in [3.05, 3.63) is 90.3 Å². The van der Waals surface area contributed by atoms with Gasteiger partial charge in [-0.2, -0.15) is 4.98 Å². The van der Waals surface area contributed by atoms with Crippen molar-refractivity contribution in [2.24, 2.45) is 0 Å². The molecule has 0 fully saturated rings. The number of hydrogen-bond donors (Lipinski definition) is 1. The Morgan fingerprint density at radius 3 is 2.56 bits per heavy atom. The summed E-state index contributed by atoms with van der Waals surface area (Å²) in [5.74, 6) is 0.712. The molecule has 0 aliphatic heterocycles. The summed E-state index contributed by atoms with van der Waals surface area (Å²) in [5.41, 5.74) is 2.83. The third-order valence-corrected chi connectivity index (χ3v) is 3.92. The number of hydrogen-bond acceptors (Lipinski definition) is 6. The van der Waals surface area contributed by atoms with Crippen molar-refractivity contribution >= 4 is 11.6 Å². The van der Waals surface area contributed by atoms with E-state index in [1.54, 1.807) is 30.7 Å². The van der Waals surface area contributed by atoms with Gasteiger partial charge in [-0.3, -0.25) is 14.8 Å². The third-order valence-electron chi connectivity index (χ3n) is 3.92. The van der Waals surface area contributed by atoms with E-state index in [2.05, 4.69) is 25.4 Å². The first kappa shape index (κ1) is 16.6. The number of anilines is 1. The van der Waals surface area contributed by atoms with E-state index in [1.165, 1.54) is 6.20 Å². The number of amides is 1. The van der Waals surface area contributed by atoms with Crippen molar-refractivity contribution in [3.63, 3.8) is 0 Å². The van der Waals surface area contributed by atoms with Crippen LogP contribution in [0.15, 0.2) is 77.8 Å². The Bertz CT molecular complexity index is 1050. The zero-order valence-corrected chi connectivity index (χ0v) is 14.2. The smallest absolute Gasteiger partial charge is 0.257 e. The zero-order valence-electron chi connectivity index (χ0n) is 14.2. The van der Waals surface area contributed by atoms with Gasteiger partial charge in [0.1, 0.15) is 0 Å². The molecule has 0 saturated carbocycles. The fourth-order valence-electron chi connectivity index (χ4n) is 2.59. The van der Waals surface area contributed by atoms with Crippen molar-refractivity contribution in [2.45, 2.75) is 6.42 Å². The first-order valence-corrected chi connectivity index (χ1v) is 8.32. The highest BCUT2D eigenvalue weighted by atomic mass is 16.5. The van der Waals surface area contributed by atoms with E-state index in [-0.39, 0.29) is 5.91 Å². The second-order valence-corrected chi connectivity index (χ2v) is 5.78. The SMILES string of the molecule is O=C(Nc1ccccc1Cc1nc(-c2cccnc2)no1)c1cccnc1. The second-order valence-electron chi connectivity index (χ2n) is 5.78. The fraction of sp³-hybridized carbons (Fsp3) is 0.0500. The minimum Gasteiger partial charge on any atom is -0.339 e. The molecule has 3 heterocycles. The molecule has 7 heteroatoms. The summed E-state index contributed by atoms with van der Waals surface area (Å²) >= 11 is 0. The van der Waals surface area contributed by atoms with Gasteiger partial charge in [0.15, 0.2) is 0 Å². The van der Waals surface area contributed by atoms with Gasteiger partial charge in [-0.1, -0.05) is 23.4 Å². The molecule has 0 bridgehead atoms. The van der Waals surface area contributed by atoms with Crippen molar-refractivity contribution in [2.75, 3.05) is 5.32 Å². The third kappa shape index (κ3) is 3.87. The lowest BCUT2D eigenvalue weighted by Gasteiger charge is -2.09. The average molecular weight is 357 g/mol.